The largest absolute Gasteiger partial charge is 0.372 e. The minimum absolute atomic E-state index is 0.0389. The highest BCUT2D eigenvalue weighted by Crippen LogP contribution is 2.33. The first kappa shape index (κ1) is 21.2. The second kappa shape index (κ2) is 9.43. The second-order valence-electron chi connectivity index (χ2n) is 7.75. The summed E-state index contributed by atoms with van der Waals surface area (Å²) in [5.41, 5.74) is 3.23. The van der Waals surface area contributed by atoms with Crippen molar-refractivity contribution in [3.8, 4) is 0 Å². The van der Waals surface area contributed by atoms with Crippen LogP contribution in [0, 0.1) is 12.7 Å². The van der Waals surface area contributed by atoms with Crippen LogP contribution in [-0.4, -0.2) is 40.9 Å². The number of thiazole rings is 1. The van der Waals surface area contributed by atoms with Crippen LogP contribution in [0.15, 0.2) is 48.0 Å². The van der Waals surface area contributed by atoms with Crippen molar-refractivity contribution in [3.63, 3.8) is 0 Å². The molecule has 0 bridgehead atoms. The molecule has 162 valence electrons. The molecule has 6 nitrogen and oxygen atoms in total. The molecule has 0 spiro atoms. The molecule has 4 rings (SSSR count). The first-order valence-corrected chi connectivity index (χ1v) is 11.3. The zero-order chi connectivity index (χ0) is 21.8. The van der Waals surface area contributed by atoms with Gasteiger partial charge >= 0.3 is 0 Å². The molecule has 8 heteroatoms. The quantitative estimate of drug-likeness (QED) is 0.566. The Morgan fingerprint density at radius 1 is 1.35 bits per heavy atom. The van der Waals surface area contributed by atoms with Gasteiger partial charge in [0.05, 0.1) is 17.4 Å². The fourth-order valence-electron chi connectivity index (χ4n) is 4.01. The summed E-state index contributed by atoms with van der Waals surface area (Å²) < 4.78 is 14.0. The predicted octanol–water partition coefficient (Wildman–Crippen LogP) is 4.92. The Balaban J connectivity index is 1.44. The molecule has 3 heterocycles. The van der Waals surface area contributed by atoms with E-state index in [1.54, 1.807) is 29.3 Å². The van der Waals surface area contributed by atoms with E-state index in [1.807, 2.05) is 36.4 Å². The molecule has 1 aromatic carbocycles. The Hall–Kier alpha value is -3.00. The smallest absolute Gasteiger partial charge is 0.224 e. The molecule has 1 N–H and O–H groups in total. The van der Waals surface area contributed by atoms with Gasteiger partial charge in [0.15, 0.2) is 5.13 Å². The van der Waals surface area contributed by atoms with Gasteiger partial charge in [0, 0.05) is 49.5 Å². The molecule has 1 fully saturated rings. The van der Waals surface area contributed by atoms with Gasteiger partial charge < -0.3 is 15.1 Å². The van der Waals surface area contributed by atoms with Crippen molar-refractivity contribution in [1.29, 1.82) is 0 Å². The lowest BCUT2D eigenvalue weighted by atomic mass is 10.1. The molecule has 0 radical (unpaired) electrons. The lowest BCUT2D eigenvalue weighted by Gasteiger charge is -2.27. The first-order chi connectivity index (χ1) is 15.0. The summed E-state index contributed by atoms with van der Waals surface area (Å²) in [6.07, 6.45) is 3.93. The number of hydrogen-bond acceptors (Lipinski definition) is 6. The highest BCUT2D eigenvalue weighted by molar-refractivity contribution is 7.13. The third-order valence-electron chi connectivity index (χ3n) is 5.50. The van der Waals surface area contributed by atoms with Gasteiger partial charge in [-0.2, -0.15) is 0 Å². The van der Waals surface area contributed by atoms with Crippen molar-refractivity contribution >= 4 is 33.8 Å². The van der Waals surface area contributed by atoms with Crippen molar-refractivity contribution in [2.75, 3.05) is 30.4 Å². The number of benzene rings is 1. The van der Waals surface area contributed by atoms with Crippen molar-refractivity contribution in [2.45, 2.75) is 32.2 Å². The zero-order valence-electron chi connectivity index (χ0n) is 17.7. The Morgan fingerprint density at radius 3 is 2.97 bits per heavy atom. The molecule has 0 unspecified atom stereocenters. The van der Waals surface area contributed by atoms with Gasteiger partial charge in [0.2, 0.25) is 5.91 Å². The summed E-state index contributed by atoms with van der Waals surface area (Å²) in [6, 6.07) is 10.6. The van der Waals surface area contributed by atoms with E-state index in [4.69, 9.17) is 4.98 Å². The van der Waals surface area contributed by atoms with Crippen LogP contribution in [0.5, 0.6) is 0 Å². The predicted molar refractivity (Wildman–Crippen MR) is 122 cm³/mol. The van der Waals surface area contributed by atoms with E-state index in [1.165, 1.54) is 17.4 Å². The first-order valence-electron chi connectivity index (χ1n) is 10.4. The van der Waals surface area contributed by atoms with Gasteiger partial charge in [-0.25, -0.2) is 9.37 Å². The number of likely N-dealkylation sites (tertiary alicyclic amines) is 1. The SMILES string of the molecule is Cc1cc(Nc2nccs2)cc([C@H]2CCCN2C(=O)CCN(C)c2ccccc2F)n1. The standard InChI is InChI=1S/C23H26FN5OS/c1-16-14-17(27-23-25-10-13-31-23)15-19(26-16)21-8-5-11-29(21)22(30)9-12-28(2)20-7-4-3-6-18(20)24/h3-4,6-7,10,13-15,21H,5,8-9,11-12H2,1-2H3,(H,25,26,27)/t21-/m1/s1. The van der Waals surface area contributed by atoms with Crippen LogP contribution in [0.4, 0.5) is 20.9 Å². The van der Waals surface area contributed by atoms with Gasteiger partial charge in [-0.05, 0) is 44.0 Å². The summed E-state index contributed by atoms with van der Waals surface area (Å²) >= 11 is 1.54. The van der Waals surface area contributed by atoms with Gasteiger partial charge in [-0.3, -0.25) is 9.78 Å². The fraction of sp³-hybridized carbons (Fsp3) is 0.348. The van der Waals surface area contributed by atoms with Crippen molar-refractivity contribution in [3.05, 3.63) is 65.2 Å². The molecular weight excluding hydrogens is 413 g/mol. The van der Waals surface area contributed by atoms with Crippen LogP contribution < -0.4 is 10.2 Å². The molecule has 31 heavy (non-hydrogen) atoms. The van der Waals surface area contributed by atoms with Crippen LogP contribution in [0.3, 0.4) is 0 Å². The van der Waals surface area contributed by atoms with E-state index in [-0.39, 0.29) is 17.8 Å². The number of nitrogens with zero attached hydrogens (tertiary/aromatic N) is 4. The molecule has 2 aromatic heterocycles. The number of carbonyl (C=O) groups is 1. The van der Waals surface area contributed by atoms with Crippen LogP contribution in [0.2, 0.25) is 0 Å². The van der Waals surface area contributed by atoms with Gasteiger partial charge in [0.25, 0.3) is 0 Å². The summed E-state index contributed by atoms with van der Waals surface area (Å²) in [5.74, 6) is -0.204. The third-order valence-corrected chi connectivity index (χ3v) is 6.18. The Morgan fingerprint density at radius 2 is 2.19 bits per heavy atom. The lowest BCUT2D eigenvalue weighted by molar-refractivity contribution is -0.132. The lowest BCUT2D eigenvalue weighted by Crippen LogP contribution is -2.34. The summed E-state index contributed by atoms with van der Waals surface area (Å²) in [7, 11) is 1.81. The number of halogens is 1. The summed E-state index contributed by atoms with van der Waals surface area (Å²) in [4.78, 5) is 25.7. The highest BCUT2D eigenvalue weighted by atomic mass is 32.1. The number of rotatable bonds is 7. The van der Waals surface area contributed by atoms with Gasteiger partial charge in [-0.1, -0.05) is 12.1 Å². The number of pyridine rings is 1. The van der Waals surface area contributed by atoms with E-state index < -0.39 is 0 Å². The Kier molecular flexibility index (Phi) is 6.46. The molecule has 1 atom stereocenters. The number of para-hydroxylation sites is 1. The monoisotopic (exact) mass is 439 g/mol. The number of hydrogen-bond donors (Lipinski definition) is 1. The number of aryl methyl sites for hydroxylation is 1. The maximum atomic E-state index is 14.0. The molecule has 0 aliphatic carbocycles. The molecule has 3 aromatic rings. The number of amides is 1. The second-order valence-corrected chi connectivity index (χ2v) is 8.65. The molecular formula is C23H26FN5OS. The number of carbonyl (C=O) groups excluding carboxylic acids is 1. The molecule has 0 saturated carbocycles. The summed E-state index contributed by atoms with van der Waals surface area (Å²) in [6.45, 7) is 3.14. The minimum atomic E-state index is -0.277. The fourth-order valence-corrected chi connectivity index (χ4v) is 4.56. The Bertz CT molecular complexity index is 1040. The van der Waals surface area contributed by atoms with Crippen molar-refractivity contribution in [2.24, 2.45) is 0 Å². The zero-order valence-corrected chi connectivity index (χ0v) is 18.5. The molecule has 1 aliphatic rings. The normalized spacial score (nSPS) is 15.8. The molecule has 1 aliphatic heterocycles. The van der Waals surface area contributed by atoms with E-state index in [9.17, 15) is 9.18 Å². The van der Waals surface area contributed by atoms with Crippen molar-refractivity contribution in [1.82, 2.24) is 14.9 Å². The maximum Gasteiger partial charge on any atom is 0.224 e. The third kappa shape index (κ3) is 5.02. The summed E-state index contributed by atoms with van der Waals surface area (Å²) in [5, 5.41) is 6.07. The van der Waals surface area contributed by atoms with Crippen LogP contribution in [0.25, 0.3) is 0 Å². The van der Waals surface area contributed by atoms with Crippen LogP contribution in [0.1, 0.15) is 36.7 Å². The molecule has 1 saturated heterocycles. The Labute approximate surface area is 185 Å². The van der Waals surface area contributed by atoms with Crippen LogP contribution in [-0.2, 0) is 4.79 Å². The van der Waals surface area contributed by atoms with E-state index in [0.29, 0.717) is 18.7 Å². The average molecular weight is 440 g/mol. The van der Waals surface area contributed by atoms with E-state index >= 15 is 0 Å². The number of nitrogens with one attached hydrogen (secondary N) is 1. The van der Waals surface area contributed by atoms with Gasteiger partial charge in [0.1, 0.15) is 5.82 Å². The minimum Gasteiger partial charge on any atom is -0.372 e. The van der Waals surface area contributed by atoms with Crippen LogP contribution >= 0.6 is 11.3 Å². The number of aromatic nitrogens is 2. The highest BCUT2D eigenvalue weighted by Gasteiger charge is 2.31. The topological polar surface area (TPSA) is 61.4 Å². The van der Waals surface area contributed by atoms with E-state index in [0.717, 1.165) is 41.6 Å². The average Bonchev–Trinajstić information content (AvgIpc) is 3.44. The molecule has 1 amide bonds. The van der Waals surface area contributed by atoms with Crippen molar-refractivity contribution < 1.29 is 9.18 Å². The van der Waals surface area contributed by atoms with E-state index in [2.05, 4.69) is 10.3 Å². The van der Waals surface area contributed by atoms with Gasteiger partial charge in [-0.15, -0.1) is 11.3 Å². The number of anilines is 3. The maximum absolute atomic E-state index is 14.0.